The monoisotopic (exact) mass is 348 g/mol. The zero-order valence-corrected chi connectivity index (χ0v) is 15.8. The molecular formula is C18H28N4OS. The summed E-state index contributed by atoms with van der Waals surface area (Å²) < 4.78 is 2.56. The smallest absolute Gasteiger partial charge is 0.226 e. The van der Waals surface area contributed by atoms with E-state index in [1.807, 2.05) is 11.5 Å². The van der Waals surface area contributed by atoms with Crippen molar-refractivity contribution in [3.05, 3.63) is 10.6 Å². The molecule has 0 radical (unpaired) electrons. The maximum atomic E-state index is 13.1. The number of rotatable bonds is 4. The highest BCUT2D eigenvalue weighted by Gasteiger charge is 2.62. The van der Waals surface area contributed by atoms with Gasteiger partial charge in [-0.05, 0) is 74.4 Å². The van der Waals surface area contributed by atoms with Crippen LogP contribution in [-0.2, 0) is 11.3 Å². The van der Waals surface area contributed by atoms with Gasteiger partial charge in [-0.15, -0.1) is 0 Å². The van der Waals surface area contributed by atoms with Crippen molar-refractivity contribution in [3.8, 4) is 0 Å². The lowest BCUT2D eigenvalue weighted by atomic mass is 9.40. The second-order valence-corrected chi connectivity index (χ2v) is 9.78. The Hall–Kier alpha value is -1.17. The number of hydrogen-bond acceptors (Lipinski definition) is 3. The molecule has 0 saturated heterocycles. The number of hydrogen-bond donors (Lipinski definition) is 2. The van der Waals surface area contributed by atoms with Crippen LogP contribution in [0.15, 0.2) is 0 Å². The van der Waals surface area contributed by atoms with Gasteiger partial charge in [0.1, 0.15) is 5.82 Å². The summed E-state index contributed by atoms with van der Waals surface area (Å²) in [6, 6.07) is 0. The predicted molar refractivity (Wildman–Crippen MR) is 95.0 cm³/mol. The SMILES string of the molecule is Cc1n[nH]c(=S)n1CCNC(=O)C12CC3C[C@@](C)(C1)C[C@](C)(C3)C2. The van der Waals surface area contributed by atoms with Crippen LogP contribution in [0.4, 0.5) is 0 Å². The topological polar surface area (TPSA) is 62.7 Å². The van der Waals surface area contributed by atoms with Crippen molar-refractivity contribution in [2.24, 2.45) is 22.2 Å². The van der Waals surface area contributed by atoms with Crippen molar-refractivity contribution < 1.29 is 4.79 Å². The summed E-state index contributed by atoms with van der Waals surface area (Å²) >= 11 is 5.23. The maximum Gasteiger partial charge on any atom is 0.226 e. The number of aromatic nitrogens is 3. The minimum absolute atomic E-state index is 0.129. The fourth-order valence-electron chi connectivity index (χ4n) is 6.83. The lowest BCUT2D eigenvalue weighted by Crippen LogP contribution is -2.60. The van der Waals surface area contributed by atoms with Crippen LogP contribution in [0.5, 0.6) is 0 Å². The van der Waals surface area contributed by atoms with Crippen LogP contribution >= 0.6 is 12.2 Å². The molecule has 4 aliphatic rings. The molecule has 0 aromatic carbocycles. The van der Waals surface area contributed by atoms with Gasteiger partial charge in [-0.3, -0.25) is 9.89 Å². The highest BCUT2D eigenvalue weighted by atomic mass is 32.1. The third-order valence-electron chi connectivity index (χ3n) is 6.68. The van der Waals surface area contributed by atoms with E-state index in [2.05, 4.69) is 29.4 Å². The molecule has 4 aliphatic carbocycles. The van der Waals surface area contributed by atoms with E-state index in [0.717, 1.165) is 31.0 Å². The molecule has 1 amide bonds. The van der Waals surface area contributed by atoms with E-state index >= 15 is 0 Å². The molecule has 1 aromatic heterocycles. The third kappa shape index (κ3) is 2.54. The standard InChI is InChI=1S/C18H28N4OS/c1-12-20-21-15(24)22(12)5-4-19-14(23)18-8-13-6-16(2,10-18)9-17(3,7-13)11-18/h13H,4-11H2,1-3H3,(H,19,23)(H,21,24)/t13?,16-,17+,18?. The second kappa shape index (κ2) is 5.16. The zero-order valence-electron chi connectivity index (χ0n) is 14.9. The molecule has 4 saturated carbocycles. The third-order valence-corrected chi connectivity index (χ3v) is 6.99. The molecule has 0 spiro atoms. The maximum absolute atomic E-state index is 13.1. The molecule has 5 nitrogen and oxygen atoms in total. The molecule has 2 N–H and O–H groups in total. The van der Waals surface area contributed by atoms with Gasteiger partial charge in [-0.2, -0.15) is 5.10 Å². The first kappa shape index (κ1) is 16.3. The van der Waals surface area contributed by atoms with Crippen molar-refractivity contribution in [1.82, 2.24) is 20.1 Å². The van der Waals surface area contributed by atoms with E-state index in [1.54, 1.807) is 0 Å². The summed E-state index contributed by atoms with van der Waals surface area (Å²) in [7, 11) is 0. The second-order valence-electron chi connectivity index (χ2n) is 9.39. The summed E-state index contributed by atoms with van der Waals surface area (Å²) in [6.45, 7) is 8.04. The van der Waals surface area contributed by atoms with Gasteiger partial charge in [0, 0.05) is 13.1 Å². The highest BCUT2D eigenvalue weighted by Crippen LogP contribution is 2.69. The van der Waals surface area contributed by atoms with Crippen molar-refractivity contribution in [1.29, 1.82) is 0 Å². The molecule has 0 aliphatic heterocycles. The predicted octanol–water partition coefficient (Wildman–Crippen LogP) is 3.36. The number of amides is 1. The van der Waals surface area contributed by atoms with Gasteiger partial charge in [-0.1, -0.05) is 13.8 Å². The van der Waals surface area contributed by atoms with Gasteiger partial charge < -0.3 is 9.88 Å². The summed E-state index contributed by atoms with van der Waals surface area (Å²) in [6.07, 6.45) is 7.18. The van der Waals surface area contributed by atoms with Crippen LogP contribution < -0.4 is 5.32 Å². The van der Waals surface area contributed by atoms with E-state index in [4.69, 9.17) is 12.2 Å². The van der Waals surface area contributed by atoms with Crippen LogP contribution in [0, 0.1) is 33.9 Å². The number of H-pyrrole nitrogens is 1. The summed E-state index contributed by atoms with van der Waals surface area (Å²) in [4.78, 5) is 13.1. The Bertz CT molecular complexity index is 718. The Morgan fingerprint density at radius 2 is 1.96 bits per heavy atom. The molecule has 24 heavy (non-hydrogen) atoms. The van der Waals surface area contributed by atoms with Crippen molar-refractivity contribution in [2.45, 2.75) is 65.8 Å². The van der Waals surface area contributed by atoms with Crippen LogP contribution in [0.2, 0.25) is 0 Å². The van der Waals surface area contributed by atoms with Crippen LogP contribution in [0.1, 0.15) is 58.2 Å². The molecule has 1 heterocycles. The minimum atomic E-state index is -0.129. The largest absolute Gasteiger partial charge is 0.354 e. The number of aromatic amines is 1. The van der Waals surface area contributed by atoms with Gasteiger partial charge >= 0.3 is 0 Å². The Morgan fingerprint density at radius 1 is 1.29 bits per heavy atom. The van der Waals surface area contributed by atoms with E-state index in [0.29, 0.717) is 28.7 Å². The van der Waals surface area contributed by atoms with Crippen LogP contribution in [0.3, 0.4) is 0 Å². The van der Waals surface area contributed by atoms with Crippen molar-refractivity contribution in [2.75, 3.05) is 6.54 Å². The first-order valence-electron chi connectivity index (χ1n) is 9.13. The normalized spacial score (nSPS) is 40.0. The molecule has 4 bridgehead atoms. The first-order valence-corrected chi connectivity index (χ1v) is 9.54. The van der Waals surface area contributed by atoms with Crippen LogP contribution in [0.25, 0.3) is 0 Å². The highest BCUT2D eigenvalue weighted by molar-refractivity contribution is 7.71. The first-order chi connectivity index (χ1) is 11.2. The molecule has 1 aromatic rings. The quantitative estimate of drug-likeness (QED) is 0.820. The number of nitrogens with one attached hydrogen (secondary N) is 2. The lowest BCUT2D eigenvalue weighted by Gasteiger charge is -2.64. The van der Waals surface area contributed by atoms with Gasteiger partial charge in [0.15, 0.2) is 4.77 Å². The Balaban J connectivity index is 1.46. The summed E-state index contributed by atoms with van der Waals surface area (Å²) in [5, 5.41) is 10.1. The lowest BCUT2D eigenvalue weighted by molar-refractivity contribution is -0.170. The average Bonchev–Trinajstić information content (AvgIpc) is 2.75. The molecule has 132 valence electrons. The number of carbonyl (C=O) groups excluding carboxylic acids is 1. The molecular weight excluding hydrogens is 320 g/mol. The van der Waals surface area contributed by atoms with E-state index in [1.165, 1.54) is 19.3 Å². The number of aryl methyl sites for hydroxylation is 1. The van der Waals surface area contributed by atoms with Gasteiger partial charge in [0.2, 0.25) is 5.91 Å². The van der Waals surface area contributed by atoms with E-state index < -0.39 is 0 Å². The summed E-state index contributed by atoms with van der Waals surface area (Å²) in [5.41, 5.74) is 0.611. The van der Waals surface area contributed by atoms with Crippen molar-refractivity contribution >= 4 is 18.1 Å². The Labute approximate surface area is 148 Å². The van der Waals surface area contributed by atoms with Gasteiger partial charge in [0.05, 0.1) is 5.41 Å². The van der Waals surface area contributed by atoms with Gasteiger partial charge in [0.25, 0.3) is 0 Å². The average molecular weight is 349 g/mol. The number of carbonyl (C=O) groups is 1. The minimum Gasteiger partial charge on any atom is -0.354 e. The van der Waals surface area contributed by atoms with E-state index in [9.17, 15) is 4.79 Å². The Morgan fingerprint density at radius 3 is 2.50 bits per heavy atom. The molecule has 4 atom stereocenters. The zero-order chi connectivity index (χ0) is 17.2. The molecule has 6 heteroatoms. The summed E-state index contributed by atoms with van der Waals surface area (Å²) in [5.74, 6) is 1.88. The van der Waals surface area contributed by atoms with Crippen LogP contribution in [-0.4, -0.2) is 27.2 Å². The van der Waals surface area contributed by atoms with Crippen molar-refractivity contribution in [3.63, 3.8) is 0 Å². The molecule has 4 fully saturated rings. The molecule has 5 rings (SSSR count). The number of nitrogens with zero attached hydrogens (tertiary/aromatic N) is 2. The van der Waals surface area contributed by atoms with E-state index in [-0.39, 0.29) is 11.3 Å². The Kier molecular flexibility index (Phi) is 3.51. The molecule has 2 unspecified atom stereocenters. The fourth-order valence-corrected chi connectivity index (χ4v) is 7.10. The van der Waals surface area contributed by atoms with Gasteiger partial charge in [-0.25, -0.2) is 0 Å². The fraction of sp³-hybridized carbons (Fsp3) is 0.833.